The van der Waals surface area contributed by atoms with Gasteiger partial charge in [0.1, 0.15) is 0 Å². The minimum absolute atomic E-state index is 0.143. The van der Waals surface area contributed by atoms with Gasteiger partial charge in [-0.2, -0.15) is 0 Å². The third-order valence-electron chi connectivity index (χ3n) is 2.73. The maximum Gasteiger partial charge on any atom is 0.0708 e. The molecule has 0 bridgehead atoms. The minimum atomic E-state index is 0.143. The summed E-state index contributed by atoms with van der Waals surface area (Å²) in [5, 5.41) is 1.23. The summed E-state index contributed by atoms with van der Waals surface area (Å²) < 4.78 is 0. The zero-order valence-electron chi connectivity index (χ0n) is 9.92. The molecule has 2 aromatic rings. The molecule has 84 valence electrons. The van der Waals surface area contributed by atoms with E-state index < -0.39 is 0 Å². The molecule has 0 spiro atoms. The number of pyridine rings is 1. The second-order valence-corrected chi connectivity index (χ2v) is 5.33. The van der Waals surface area contributed by atoms with Gasteiger partial charge in [0, 0.05) is 5.39 Å². The zero-order valence-corrected chi connectivity index (χ0v) is 10.7. The zero-order chi connectivity index (χ0) is 11.8. The van der Waals surface area contributed by atoms with Crippen molar-refractivity contribution in [2.45, 2.75) is 32.1 Å². The van der Waals surface area contributed by atoms with Gasteiger partial charge < -0.3 is 0 Å². The van der Waals surface area contributed by atoms with Crippen LogP contribution in [0.2, 0.25) is 0 Å². The standard InChI is InChI=1S/C14H16ClN/c1-14(2,3)12-5-4-6-13-11(12)8-7-10(9-15)16-13/h4-8H,9H2,1-3H3. The van der Waals surface area contributed by atoms with E-state index in [2.05, 4.69) is 44.0 Å². The van der Waals surface area contributed by atoms with Gasteiger partial charge in [-0.15, -0.1) is 11.6 Å². The number of hydrogen-bond acceptors (Lipinski definition) is 1. The molecule has 0 saturated carbocycles. The van der Waals surface area contributed by atoms with E-state index in [4.69, 9.17) is 11.6 Å². The predicted octanol–water partition coefficient (Wildman–Crippen LogP) is 4.27. The second kappa shape index (κ2) is 4.06. The second-order valence-electron chi connectivity index (χ2n) is 5.06. The molecule has 0 atom stereocenters. The number of rotatable bonds is 1. The molecule has 1 nitrogen and oxygen atoms in total. The quantitative estimate of drug-likeness (QED) is 0.671. The molecule has 1 aromatic heterocycles. The van der Waals surface area contributed by atoms with E-state index in [1.54, 1.807) is 0 Å². The van der Waals surface area contributed by atoms with E-state index in [9.17, 15) is 0 Å². The Morgan fingerprint density at radius 2 is 1.88 bits per heavy atom. The number of nitrogens with zero attached hydrogens (tertiary/aromatic N) is 1. The Labute approximate surface area is 101 Å². The number of alkyl halides is 1. The van der Waals surface area contributed by atoms with Crippen molar-refractivity contribution in [3.05, 3.63) is 41.6 Å². The number of benzene rings is 1. The van der Waals surface area contributed by atoms with Crippen LogP contribution in [0.25, 0.3) is 10.9 Å². The Balaban J connectivity index is 2.70. The minimum Gasteiger partial charge on any atom is -0.252 e. The molecule has 0 amide bonds. The highest BCUT2D eigenvalue weighted by Gasteiger charge is 2.16. The molecule has 2 heteroatoms. The van der Waals surface area contributed by atoms with Crippen LogP contribution >= 0.6 is 11.6 Å². The Bertz CT molecular complexity index is 512. The molecule has 0 aliphatic rings. The first-order valence-corrected chi connectivity index (χ1v) is 6.01. The van der Waals surface area contributed by atoms with E-state index in [1.165, 1.54) is 10.9 Å². The number of fused-ring (bicyclic) bond motifs is 1. The summed E-state index contributed by atoms with van der Waals surface area (Å²) in [4.78, 5) is 4.54. The van der Waals surface area contributed by atoms with Crippen LogP contribution in [0.15, 0.2) is 30.3 Å². The molecular formula is C14H16ClN. The predicted molar refractivity (Wildman–Crippen MR) is 70.0 cm³/mol. The molecule has 0 fully saturated rings. The van der Waals surface area contributed by atoms with Crippen molar-refractivity contribution in [1.82, 2.24) is 4.98 Å². The van der Waals surface area contributed by atoms with Crippen LogP contribution in [0.1, 0.15) is 32.0 Å². The number of aromatic nitrogens is 1. The maximum absolute atomic E-state index is 5.79. The number of hydrogen-bond donors (Lipinski definition) is 0. The van der Waals surface area contributed by atoms with Gasteiger partial charge in [0.15, 0.2) is 0 Å². The molecule has 16 heavy (non-hydrogen) atoms. The highest BCUT2D eigenvalue weighted by atomic mass is 35.5. The van der Waals surface area contributed by atoms with Gasteiger partial charge in [-0.25, -0.2) is 0 Å². The first kappa shape index (κ1) is 11.4. The highest BCUT2D eigenvalue weighted by Crippen LogP contribution is 2.29. The van der Waals surface area contributed by atoms with Crippen LogP contribution in [0.3, 0.4) is 0 Å². The molecule has 1 aromatic carbocycles. The van der Waals surface area contributed by atoms with Crippen LogP contribution in [0, 0.1) is 0 Å². The molecule has 1 heterocycles. The Morgan fingerprint density at radius 1 is 1.12 bits per heavy atom. The van der Waals surface area contributed by atoms with Crippen molar-refractivity contribution in [1.29, 1.82) is 0 Å². The summed E-state index contributed by atoms with van der Waals surface area (Å²) in [6.07, 6.45) is 0. The fraction of sp³-hybridized carbons (Fsp3) is 0.357. The van der Waals surface area contributed by atoms with Gasteiger partial charge in [0.25, 0.3) is 0 Å². The third-order valence-corrected chi connectivity index (χ3v) is 3.01. The van der Waals surface area contributed by atoms with Crippen LogP contribution in [0.5, 0.6) is 0 Å². The maximum atomic E-state index is 5.79. The van der Waals surface area contributed by atoms with Crippen molar-refractivity contribution in [3.63, 3.8) is 0 Å². The van der Waals surface area contributed by atoms with Crippen molar-refractivity contribution >= 4 is 22.5 Å². The largest absolute Gasteiger partial charge is 0.252 e. The van der Waals surface area contributed by atoms with E-state index in [1.807, 2.05) is 12.1 Å². The molecule has 0 saturated heterocycles. The van der Waals surface area contributed by atoms with Gasteiger partial charge in [-0.3, -0.25) is 4.98 Å². The molecule has 0 unspecified atom stereocenters. The lowest BCUT2D eigenvalue weighted by Crippen LogP contribution is -2.11. The van der Waals surface area contributed by atoms with Crippen molar-refractivity contribution < 1.29 is 0 Å². The van der Waals surface area contributed by atoms with Crippen LogP contribution in [0.4, 0.5) is 0 Å². The monoisotopic (exact) mass is 233 g/mol. The molecular weight excluding hydrogens is 218 g/mol. The van der Waals surface area contributed by atoms with E-state index in [0.29, 0.717) is 5.88 Å². The summed E-state index contributed by atoms with van der Waals surface area (Å²) in [5.74, 6) is 0.468. The van der Waals surface area contributed by atoms with Gasteiger partial charge >= 0.3 is 0 Å². The van der Waals surface area contributed by atoms with Crippen LogP contribution in [-0.4, -0.2) is 4.98 Å². The molecule has 0 radical (unpaired) electrons. The summed E-state index contributed by atoms with van der Waals surface area (Å²) in [7, 11) is 0. The lowest BCUT2D eigenvalue weighted by atomic mass is 9.84. The first-order chi connectivity index (χ1) is 7.52. The SMILES string of the molecule is CC(C)(C)c1cccc2nc(CCl)ccc12. The third kappa shape index (κ3) is 2.05. The highest BCUT2D eigenvalue weighted by molar-refractivity contribution is 6.17. The van der Waals surface area contributed by atoms with Crippen LogP contribution < -0.4 is 0 Å². The van der Waals surface area contributed by atoms with Gasteiger partial charge in [-0.1, -0.05) is 39.0 Å². The Kier molecular flexibility index (Phi) is 2.90. The Morgan fingerprint density at radius 3 is 2.50 bits per heavy atom. The first-order valence-electron chi connectivity index (χ1n) is 5.47. The normalized spacial score (nSPS) is 12.0. The summed E-state index contributed by atoms with van der Waals surface area (Å²) in [6, 6.07) is 10.4. The molecule has 0 aliphatic carbocycles. The van der Waals surface area contributed by atoms with E-state index >= 15 is 0 Å². The Hall–Kier alpha value is -1.08. The summed E-state index contributed by atoms with van der Waals surface area (Å²) in [5.41, 5.74) is 3.44. The van der Waals surface area contributed by atoms with Gasteiger partial charge in [-0.05, 0) is 23.1 Å². The van der Waals surface area contributed by atoms with Crippen LogP contribution in [-0.2, 0) is 11.3 Å². The average Bonchev–Trinajstić information content (AvgIpc) is 2.26. The van der Waals surface area contributed by atoms with Gasteiger partial charge in [0.05, 0.1) is 17.1 Å². The van der Waals surface area contributed by atoms with Crippen molar-refractivity contribution in [2.24, 2.45) is 0 Å². The van der Waals surface area contributed by atoms with Gasteiger partial charge in [0.2, 0.25) is 0 Å². The summed E-state index contributed by atoms with van der Waals surface area (Å²) in [6.45, 7) is 6.66. The van der Waals surface area contributed by atoms with E-state index in [0.717, 1.165) is 11.2 Å². The van der Waals surface area contributed by atoms with Crippen molar-refractivity contribution in [3.8, 4) is 0 Å². The van der Waals surface area contributed by atoms with Crippen molar-refractivity contribution in [2.75, 3.05) is 0 Å². The number of halogens is 1. The lowest BCUT2D eigenvalue weighted by Gasteiger charge is -2.21. The lowest BCUT2D eigenvalue weighted by molar-refractivity contribution is 0.596. The topological polar surface area (TPSA) is 12.9 Å². The molecule has 0 aliphatic heterocycles. The molecule has 2 rings (SSSR count). The molecule has 0 N–H and O–H groups in total. The fourth-order valence-electron chi connectivity index (χ4n) is 1.93. The fourth-order valence-corrected chi connectivity index (χ4v) is 2.07. The summed E-state index contributed by atoms with van der Waals surface area (Å²) >= 11 is 5.79. The van der Waals surface area contributed by atoms with E-state index in [-0.39, 0.29) is 5.41 Å². The smallest absolute Gasteiger partial charge is 0.0708 e. The average molecular weight is 234 g/mol.